The number of ether oxygens (including phenoxy) is 3. The summed E-state index contributed by atoms with van der Waals surface area (Å²) >= 11 is 0. The second-order valence-electron chi connectivity index (χ2n) is 19.1. The summed E-state index contributed by atoms with van der Waals surface area (Å²) in [6, 6.07) is 0. The third-order valence-corrected chi connectivity index (χ3v) is 12.0. The van der Waals surface area contributed by atoms with Crippen molar-refractivity contribution < 1.29 is 28.6 Å². The van der Waals surface area contributed by atoms with Crippen LogP contribution in [0.25, 0.3) is 0 Å². The highest BCUT2D eigenvalue weighted by atomic mass is 16.6. The number of carbonyl (C=O) groups is 3. The van der Waals surface area contributed by atoms with Crippen LogP contribution in [-0.4, -0.2) is 37.2 Å². The van der Waals surface area contributed by atoms with Crippen molar-refractivity contribution in [2.75, 3.05) is 13.2 Å². The lowest BCUT2D eigenvalue weighted by Crippen LogP contribution is -2.30. The van der Waals surface area contributed by atoms with E-state index in [4.69, 9.17) is 14.2 Å². The van der Waals surface area contributed by atoms with E-state index in [1.807, 2.05) is 0 Å². The first-order valence-electron chi connectivity index (χ1n) is 26.2. The molecule has 0 saturated carbocycles. The number of rotatable bonds is 47. The summed E-state index contributed by atoms with van der Waals surface area (Å²) in [5.74, 6) is 0.819. The maximum absolute atomic E-state index is 12.7. The van der Waals surface area contributed by atoms with Crippen LogP contribution in [0.4, 0.5) is 0 Å². The predicted molar refractivity (Wildman–Crippen MR) is 252 cm³/mol. The number of hydrogen-bond donors (Lipinski definition) is 0. The molecule has 6 nitrogen and oxygen atoms in total. The summed E-state index contributed by atoms with van der Waals surface area (Å²) in [5.41, 5.74) is 0. The van der Waals surface area contributed by atoms with E-state index in [-0.39, 0.29) is 31.1 Å². The molecule has 0 unspecified atom stereocenters. The zero-order valence-corrected chi connectivity index (χ0v) is 40.4. The quantitative estimate of drug-likeness (QED) is 0.0345. The molecule has 0 aromatic rings. The number of hydrogen-bond acceptors (Lipinski definition) is 6. The van der Waals surface area contributed by atoms with Gasteiger partial charge in [-0.2, -0.15) is 0 Å². The van der Waals surface area contributed by atoms with Crippen molar-refractivity contribution >= 4 is 17.9 Å². The van der Waals surface area contributed by atoms with Crippen LogP contribution in [0.1, 0.15) is 291 Å². The van der Waals surface area contributed by atoms with Crippen LogP contribution in [-0.2, 0) is 28.6 Å². The lowest BCUT2D eigenvalue weighted by atomic mass is 10.0. The van der Waals surface area contributed by atoms with Crippen LogP contribution >= 0.6 is 0 Å². The fourth-order valence-corrected chi connectivity index (χ4v) is 7.99. The minimum atomic E-state index is -0.761. The minimum absolute atomic E-state index is 0.0636. The van der Waals surface area contributed by atoms with Gasteiger partial charge >= 0.3 is 17.9 Å². The van der Waals surface area contributed by atoms with Crippen LogP contribution in [0.15, 0.2) is 0 Å². The topological polar surface area (TPSA) is 78.9 Å². The molecule has 0 aromatic heterocycles. The molecule has 0 aliphatic carbocycles. The molecule has 0 heterocycles. The Labute approximate surface area is 368 Å². The average Bonchev–Trinajstić information content (AvgIpc) is 3.20. The van der Waals surface area contributed by atoms with Gasteiger partial charge in [0.2, 0.25) is 0 Å². The normalized spacial score (nSPS) is 12.1. The molecule has 0 N–H and O–H groups in total. The molecule has 0 fully saturated rings. The molecule has 0 amide bonds. The van der Waals surface area contributed by atoms with Crippen LogP contribution in [0.5, 0.6) is 0 Å². The van der Waals surface area contributed by atoms with Gasteiger partial charge < -0.3 is 14.2 Å². The first-order chi connectivity index (χ1) is 28.7. The molecule has 1 atom stereocenters. The average molecular weight is 835 g/mol. The van der Waals surface area contributed by atoms with E-state index in [1.54, 1.807) is 0 Å². The van der Waals surface area contributed by atoms with Gasteiger partial charge in [-0.1, -0.05) is 253 Å². The summed E-state index contributed by atoms with van der Waals surface area (Å²) in [6.07, 6.45) is 46.6. The second-order valence-corrected chi connectivity index (χ2v) is 19.1. The molecule has 0 saturated heterocycles. The van der Waals surface area contributed by atoms with Crippen LogP contribution in [0, 0.1) is 11.8 Å². The van der Waals surface area contributed by atoms with Crippen LogP contribution < -0.4 is 0 Å². The molecule has 0 bridgehead atoms. The van der Waals surface area contributed by atoms with E-state index in [0.29, 0.717) is 19.3 Å². The Morgan fingerprint density at radius 1 is 0.322 bits per heavy atom. The Balaban J connectivity index is 4.24. The van der Waals surface area contributed by atoms with E-state index in [9.17, 15) is 14.4 Å². The Morgan fingerprint density at radius 3 is 0.831 bits per heavy atom. The van der Waals surface area contributed by atoms with Crippen LogP contribution in [0.2, 0.25) is 0 Å². The van der Waals surface area contributed by atoms with Gasteiger partial charge in [-0.05, 0) is 31.1 Å². The molecular weight excluding hydrogens is 733 g/mol. The Hall–Kier alpha value is -1.59. The molecule has 59 heavy (non-hydrogen) atoms. The highest BCUT2D eigenvalue weighted by Gasteiger charge is 2.19. The monoisotopic (exact) mass is 835 g/mol. The fraction of sp³-hybridized carbons (Fsp3) is 0.943. The Bertz CT molecular complexity index is 900. The molecule has 0 aliphatic heterocycles. The molecular formula is C53H102O6. The van der Waals surface area contributed by atoms with Crippen molar-refractivity contribution in [2.24, 2.45) is 11.8 Å². The molecule has 0 aliphatic rings. The van der Waals surface area contributed by atoms with Crippen molar-refractivity contribution in [3.63, 3.8) is 0 Å². The van der Waals surface area contributed by atoms with Gasteiger partial charge in [-0.25, -0.2) is 0 Å². The Kier molecular flexibility index (Phi) is 44.7. The van der Waals surface area contributed by atoms with Crippen molar-refractivity contribution in [3.05, 3.63) is 0 Å². The first-order valence-corrected chi connectivity index (χ1v) is 26.2. The number of unbranched alkanes of at least 4 members (excludes halogenated alkanes) is 32. The maximum atomic E-state index is 12.7. The van der Waals surface area contributed by atoms with Gasteiger partial charge in [0.25, 0.3) is 0 Å². The summed E-state index contributed by atoms with van der Waals surface area (Å²) in [4.78, 5) is 37.9. The van der Waals surface area contributed by atoms with Crippen molar-refractivity contribution in [2.45, 2.75) is 298 Å². The largest absolute Gasteiger partial charge is 0.462 e. The lowest BCUT2D eigenvalue weighted by molar-refractivity contribution is -0.167. The predicted octanol–water partition coefficient (Wildman–Crippen LogP) is 16.9. The standard InChI is InChI=1S/C53H102O6/c1-6-7-8-9-10-11-23-30-35-40-45-53(56)59-50(47-58-52(55)44-39-34-29-25-20-19-22-27-32-37-42-49(4)5)46-57-51(54)43-38-33-28-24-18-16-14-12-13-15-17-21-26-31-36-41-48(2)3/h48-50H,6-47H2,1-5H3/t50-/m0/s1. The van der Waals surface area contributed by atoms with Crippen molar-refractivity contribution in [1.29, 1.82) is 0 Å². The fourth-order valence-electron chi connectivity index (χ4n) is 7.99. The highest BCUT2D eigenvalue weighted by molar-refractivity contribution is 5.71. The SMILES string of the molecule is CCCCCCCCCCCCC(=O)O[C@@H](COC(=O)CCCCCCCCCCCCCCCCCC(C)C)COC(=O)CCCCCCCCCCCCC(C)C. The molecule has 0 radical (unpaired) electrons. The van der Waals surface area contributed by atoms with Crippen molar-refractivity contribution in [3.8, 4) is 0 Å². The van der Waals surface area contributed by atoms with E-state index >= 15 is 0 Å². The lowest BCUT2D eigenvalue weighted by Gasteiger charge is -2.18. The molecule has 0 aromatic carbocycles. The van der Waals surface area contributed by atoms with Gasteiger partial charge in [0.05, 0.1) is 0 Å². The zero-order valence-electron chi connectivity index (χ0n) is 40.4. The van der Waals surface area contributed by atoms with E-state index in [1.165, 1.54) is 180 Å². The van der Waals surface area contributed by atoms with Gasteiger partial charge in [-0.3, -0.25) is 14.4 Å². The molecule has 0 rings (SSSR count). The highest BCUT2D eigenvalue weighted by Crippen LogP contribution is 2.17. The summed E-state index contributed by atoms with van der Waals surface area (Å²) in [6.45, 7) is 11.4. The third-order valence-electron chi connectivity index (χ3n) is 12.0. The van der Waals surface area contributed by atoms with Gasteiger partial charge in [0.1, 0.15) is 13.2 Å². The minimum Gasteiger partial charge on any atom is -0.462 e. The molecule has 0 spiro atoms. The van der Waals surface area contributed by atoms with Crippen LogP contribution in [0.3, 0.4) is 0 Å². The summed E-state index contributed by atoms with van der Waals surface area (Å²) in [7, 11) is 0. The summed E-state index contributed by atoms with van der Waals surface area (Å²) < 4.78 is 16.8. The Morgan fingerprint density at radius 2 is 0.559 bits per heavy atom. The smallest absolute Gasteiger partial charge is 0.306 e. The second kappa shape index (κ2) is 45.9. The van der Waals surface area contributed by atoms with Gasteiger partial charge in [-0.15, -0.1) is 0 Å². The van der Waals surface area contributed by atoms with Gasteiger partial charge in [0, 0.05) is 19.3 Å². The van der Waals surface area contributed by atoms with E-state index < -0.39 is 6.10 Å². The number of esters is 3. The molecule has 350 valence electrons. The zero-order chi connectivity index (χ0) is 43.3. The molecule has 6 heteroatoms. The first kappa shape index (κ1) is 57.4. The summed E-state index contributed by atoms with van der Waals surface area (Å²) in [5, 5.41) is 0. The third kappa shape index (κ3) is 47.3. The maximum Gasteiger partial charge on any atom is 0.306 e. The van der Waals surface area contributed by atoms with E-state index in [2.05, 4.69) is 34.6 Å². The van der Waals surface area contributed by atoms with E-state index in [0.717, 1.165) is 69.6 Å². The van der Waals surface area contributed by atoms with Crippen molar-refractivity contribution in [1.82, 2.24) is 0 Å². The van der Waals surface area contributed by atoms with Gasteiger partial charge in [0.15, 0.2) is 6.10 Å². The number of carbonyl (C=O) groups excluding carboxylic acids is 3.